The maximum Gasteiger partial charge on any atom is 0.0783 e. The summed E-state index contributed by atoms with van der Waals surface area (Å²) >= 11 is 1.39. The number of fused-ring (bicyclic) bond motifs is 3. The van der Waals surface area contributed by atoms with Gasteiger partial charge in [0.1, 0.15) is 0 Å². The number of benzene rings is 2. The van der Waals surface area contributed by atoms with Crippen molar-refractivity contribution in [2.75, 3.05) is 5.48 Å². The highest BCUT2D eigenvalue weighted by atomic mass is 32.2. The third-order valence-electron chi connectivity index (χ3n) is 2.16. The van der Waals surface area contributed by atoms with Crippen molar-refractivity contribution in [2.24, 2.45) is 0 Å². The van der Waals surface area contributed by atoms with Gasteiger partial charge in [0, 0.05) is 0 Å². The first-order valence-corrected chi connectivity index (χ1v) is 4.80. The largest absolute Gasteiger partial charge is 0.253 e. The highest BCUT2D eigenvalue weighted by Crippen LogP contribution is 2.39. The number of nitrogens with one attached hydrogen (secondary N) is 1. The summed E-state index contributed by atoms with van der Waals surface area (Å²) in [7, 11) is 0. The molecule has 1 heterocycles. The van der Waals surface area contributed by atoms with Gasteiger partial charge < -0.3 is 0 Å². The van der Waals surface area contributed by atoms with Crippen LogP contribution in [0.15, 0.2) is 41.3 Å². The fourth-order valence-electron chi connectivity index (χ4n) is 1.52. The van der Waals surface area contributed by atoms with E-state index in [0.29, 0.717) is 0 Å². The van der Waals surface area contributed by atoms with Gasteiger partial charge in [0.25, 0.3) is 0 Å². The SMILES string of the molecule is c1ccc2c3c(ccc2c1)NOS3. The standard InChI is InChI=1S/C10H7NOS/c1-2-4-8-7(3-1)5-6-9-10(8)13-12-11-9/h1-6,11H. The monoisotopic (exact) mass is 189 g/mol. The molecule has 0 spiro atoms. The molecule has 0 aromatic heterocycles. The summed E-state index contributed by atoms with van der Waals surface area (Å²) in [5, 5.41) is 2.50. The maximum absolute atomic E-state index is 5.09. The molecule has 1 aliphatic rings. The third kappa shape index (κ3) is 1.01. The predicted molar refractivity (Wildman–Crippen MR) is 54.5 cm³/mol. The van der Waals surface area contributed by atoms with Crippen LogP contribution in [0.3, 0.4) is 0 Å². The number of rotatable bonds is 0. The zero-order chi connectivity index (χ0) is 8.67. The van der Waals surface area contributed by atoms with Gasteiger partial charge in [0.05, 0.1) is 22.6 Å². The van der Waals surface area contributed by atoms with Crippen molar-refractivity contribution in [3.05, 3.63) is 36.4 Å². The molecule has 0 aliphatic carbocycles. The second kappa shape index (κ2) is 2.65. The van der Waals surface area contributed by atoms with E-state index < -0.39 is 0 Å². The van der Waals surface area contributed by atoms with Crippen LogP contribution in [0.5, 0.6) is 0 Å². The minimum Gasteiger partial charge on any atom is -0.253 e. The molecular formula is C10H7NOS. The van der Waals surface area contributed by atoms with E-state index in [1.165, 1.54) is 27.7 Å². The molecule has 2 nitrogen and oxygen atoms in total. The van der Waals surface area contributed by atoms with Gasteiger partial charge in [-0.15, -0.1) is 0 Å². The molecule has 0 radical (unpaired) electrons. The molecule has 0 saturated carbocycles. The van der Waals surface area contributed by atoms with Crippen LogP contribution in [0, 0.1) is 0 Å². The van der Waals surface area contributed by atoms with Gasteiger partial charge in [-0.05, 0) is 16.8 Å². The van der Waals surface area contributed by atoms with Crippen LogP contribution in [-0.2, 0) is 4.28 Å². The fourth-order valence-corrected chi connectivity index (χ4v) is 2.21. The Bertz CT molecular complexity index is 469. The van der Waals surface area contributed by atoms with Crippen LogP contribution in [0.2, 0.25) is 0 Å². The Hall–Kier alpha value is -1.19. The summed E-state index contributed by atoms with van der Waals surface area (Å²) in [6.07, 6.45) is 0. The molecule has 3 heteroatoms. The Morgan fingerprint density at radius 1 is 1.08 bits per heavy atom. The molecule has 3 rings (SSSR count). The minimum atomic E-state index is 1.06. The van der Waals surface area contributed by atoms with Gasteiger partial charge in [0.15, 0.2) is 0 Å². The van der Waals surface area contributed by atoms with Crippen LogP contribution < -0.4 is 5.48 Å². The molecule has 1 N–H and O–H groups in total. The Morgan fingerprint density at radius 2 is 2.00 bits per heavy atom. The smallest absolute Gasteiger partial charge is 0.0783 e. The predicted octanol–water partition coefficient (Wildman–Crippen LogP) is 3.20. The maximum atomic E-state index is 5.09. The van der Waals surface area contributed by atoms with Gasteiger partial charge in [-0.25, -0.2) is 0 Å². The lowest BCUT2D eigenvalue weighted by molar-refractivity contribution is 0.491. The quantitative estimate of drug-likeness (QED) is 0.643. The molecule has 2 aromatic rings. The Balaban J connectivity index is 2.43. The molecule has 0 atom stereocenters. The second-order valence-corrected chi connectivity index (χ2v) is 3.67. The molecule has 1 aliphatic heterocycles. The van der Waals surface area contributed by atoms with Gasteiger partial charge >= 0.3 is 0 Å². The highest BCUT2D eigenvalue weighted by Gasteiger charge is 2.14. The normalized spacial score (nSPS) is 14.2. The van der Waals surface area contributed by atoms with Gasteiger partial charge in [-0.2, -0.15) is 4.28 Å². The average Bonchev–Trinajstić information content (AvgIpc) is 2.65. The summed E-state index contributed by atoms with van der Waals surface area (Å²) in [5.74, 6) is 0. The van der Waals surface area contributed by atoms with Crippen LogP contribution in [0.25, 0.3) is 10.8 Å². The van der Waals surface area contributed by atoms with Crippen molar-refractivity contribution < 1.29 is 4.28 Å². The zero-order valence-electron chi connectivity index (χ0n) is 6.78. The number of hydrogen-bond acceptors (Lipinski definition) is 3. The molecule has 0 amide bonds. The van der Waals surface area contributed by atoms with Crippen LogP contribution >= 0.6 is 12.0 Å². The van der Waals surface area contributed by atoms with Crippen molar-refractivity contribution in [2.45, 2.75) is 4.90 Å². The van der Waals surface area contributed by atoms with Crippen LogP contribution in [-0.4, -0.2) is 0 Å². The van der Waals surface area contributed by atoms with Crippen molar-refractivity contribution in [3.8, 4) is 0 Å². The Kier molecular flexibility index (Phi) is 1.48. The lowest BCUT2D eigenvalue weighted by atomic mass is 10.1. The van der Waals surface area contributed by atoms with Gasteiger partial charge in [-0.3, -0.25) is 5.48 Å². The Labute approximate surface area is 80.1 Å². The van der Waals surface area contributed by atoms with E-state index in [4.69, 9.17) is 4.28 Å². The van der Waals surface area contributed by atoms with Gasteiger partial charge in [0.2, 0.25) is 0 Å². The first-order chi connectivity index (χ1) is 6.45. The van der Waals surface area contributed by atoms with Crippen LogP contribution in [0.1, 0.15) is 0 Å². The van der Waals surface area contributed by atoms with E-state index in [2.05, 4.69) is 23.7 Å². The summed E-state index contributed by atoms with van der Waals surface area (Å²) in [4.78, 5) is 1.18. The van der Waals surface area contributed by atoms with Crippen LogP contribution in [0.4, 0.5) is 5.69 Å². The third-order valence-corrected chi connectivity index (χ3v) is 2.93. The lowest BCUT2D eigenvalue weighted by Crippen LogP contribution is -1.84. The summed E-state index contributed by atoms with van der Waals surface area (Å²) in [6, 6.07) is 12.4. The second-order valence-electron chi connectivity index (χ2n) is 2.93. The molecular weight excluding hydrogens is 182 g/mol. The lowest BCUT2D eigenvalue weighted by Gasteiger charge is -2.00. The van der Waals surface area contributed by atoms with E-state index in [9.17, 15) is 0 Å². The van der Waals surface area contributed by atoms with E-state index in [0.717, 1.165) is 5.69 Å². The van der Waals surface area contributed by atoms with E-state index in [1.807, 2.05) is 18.2 Å². The fraction of sp³-hybridized carbons (Fsp3) is 0. The topological polar surface area (TPSA) is 21.3 Å². The summed E-state index contributed by atoms with van der Waals surface area (Å²) in [5.41, 5.74) is 3.91. The molecule has 0 saturated heterocycles. The zero-order valence-corrected chi connectivity index (χ0v) is 7.60. The first-order valence-electron chi connectivity index (χ1n) is 4.06. The molecule has 0 fully saturated rings. The van der Waals surface area contributed by atoms with Gasteiger partial charge in [-0.1, -0.05) is 30.3 Å². The molecule has 64 valence electrons. The van der Waals surface area contributed by atoms with E-state index in [-0.39, 0.29) is 0 Å². The van der Waals surface area contributed by atoms with E-state index in [1.54, 1.807) is 0 Å². The molecule has 13 heavy (non-hydrogen) atoms. The van der Waals surface area contributed by atoms with Crippen molar-refractivity contribution in [1.29, 1.82) is 0 Å². The summed E-state index contributed by atoms with van der Waals surface area (Å²) in [6.45, 7) is 0. The number of hydrogen-bond donors (Lipinski definition) is 1. The Morgan fingerprint density at radius 3 is 3.00 bits per heavy atom. The van der Waals surface area contributed by atoms with Crippen molar-refractivity contribution in [1.82, 2.24) is 0 Å². The summed E-state index contributed by atoms with van der Waals surface area (Å²) < 4.78 is 5.09. The number of anilines is 1. The van der Waals surface area contributed by atoms with E-state index >= 15 is 0 Å². The van der Waals surface area contributed by atoms with Crippen molar-refractivity contribution in [3.63, 3.8) is 0 Å². The molecule has 0 bridgehead atoms. The molecule has 2 aromatic carbocycles. The molecule has 0 unspecified atom stereocenters. The first kappa shape index (κ1) is 7.24. The average molecular weight is 189 g/mol. The minimum absolute atomic E-state index is 1.06. The highest BCUT2D eigenvalue weighted by molar-refractivity contribution is 7.95. The van der Waals surface area contributed by atoms with Crippen molar-refractivity contribution >= 4 is 28.5 Å².